The fourth-order valence-corrected chi connectivity index (χ4v) is 6.29. The number of amides is 1. The van der Waals surface area contributed by atoms with Crippen molar-refractivity contribution in [3.8, 4) is 0 Å². The normalized spacial score (nSPS) is 16.3. The third-order valence-corrected chi connectivity index (χ3v) is 8.60. The van der Waals surface area contributed by atoms with Crippen LogP contribution in [0.25, 0.3) is 0 Å². The Bertz CT molecular complexity index is 1130. The van der Waals surface area contributed by atoms with Crippen LogP contribution in [0, 0.1) is 0 Å². The van der Waals surface area contributed by atoms with Crippen molar-refractivity contribution in [2.24, 2.45) is 0 Å². The first-order valence-corrected chi connectivity index (χ1v) is 12.6. The van der Waals surface area contributed by atoms with Gasteiger partial charge in [-0.05, 0) is 50.1 Å². The fraction of sp³-hybridized carbons (Fsp3) is 0.316. The van der Waals surface area contributed by atoms with Crippen molar-refractivity contribution in [1.29, 1.82) is 0 Å². The van der Waals surface area contributed by atoms with E-state index in [0.717, 1.165) is 12.8 Å². The standard InChI is InChI=1S/C19H22ClN3O5S2/c1-14(22-29(25,26)16-7-3-2-4-8-16)19(24)21-15-9-10-17(20)18(13-15)30(27,28)23-11-5-6-12-23/h2-4,7-10,13-14,22H,5-6,11-12H2,1H3,(H,21,24)/t14-/m0/s1. The molecular formula is C19H22ClN3O5S2. The molecule has 2 N–H and O–H groups in total. The first kappa shape index (κ1) is 22.7. The summed E-state index contributed by atoms with van der Waals surface area (Å²) in [6.07, 6.45) is 1.57. The van der Waals surface area contributed by atoms with Crippen LogP contribution >= 0.6 is 11.6 Å². The average Bonchev–Trinajstić information content (AvgIpc) is 3.25. The van der Waals surface area contributed by atoms with Crippen molar-refractivity contribution in [1.82, 2.24) is 9.03 Å². The van der Waals surface area contributed by atoms with Gasteiger partial charge in [-0.3, -0.25) is 4.79 Å². The lowest BCUT2D eigenvalue weighted by Gasteiger charge is -2.18. The fourth-order valence-electron chi connectivity index (χ4n) is 3.05. The Hall–Kier alpha value is -1.98. The number of carbonyl (C=O) groups excluding carboxylic acids is 1. The molecule has 8 nitrogen and oxygen atoms in total. The van der Waals surface area contributed by atoms with Crippen molar-refractivity contribution in [2.75, 3.05) is 18.4 Å². The molecular weight excluding hydrogens is 450 g/mol. The Labute approximate surface area is 181 Å². The van der Waals surface area contributed by atoms with Gasteiger partial charge in [-0.25, -0.2) is 16.8 Å². The molecule has 0 bridgehead atoms. The third-order valence-electron chi connectivity index (χ3n) is 4.66. The quantitative estimate of drug-likeness (QED) is 0.644. The highest BCUT2D eigenvalue weighted by atomic mass is 35.5. The van der Waals surface area contributed by atoms with Crippen LogP contribution in [0.4, 0.5) is 5.69 Å². The second kappa shape index (κ2) is 9.03. The summed E-state index contributed by atoms with van der Waals surface area (Å²) in [4.78, 5) is 12.4. The summed E-state index contributed by atoms with van der Waals surface area (Å²) >= 11 is 6.10. The first-order chi connectivity index (χ1) is 14.1. The van der Waals surface area contributed by atoms with Crippen molar-refractivity contribution in [3.05, 3.63) is 53.6 Å². The SMILES string of the molecule is C[C@H](NS(=O)(=O)c1ccccc1)C(=O)Nc1ccc(Cl)c(S(=O)(=O)N2CCCC2)c1. The minimum Gasteiger partial charge on any atom is -0.325 e. The lowest BCUT2D eigenvalue weighted by atomic mass is 10.3. The Morgan fingerprint density at radius 3 is 2.30 bits per heavy atom. The predicted molar refractivity (Wildman–Crippen MR) is 114 cm³/mol. The second-order valence-corrected chi connectivity index (χ2v) is 10.9. The Balaban J connectivity index is 1.75. The van der Waals surface area contributed by atoms with Crippen LogP contribution in [0.2, 0.25) is 5.02 Å². The molecule has 30 heavy (non-hydrogen) atoms. The molecule has 0 aromatic heterocycles. The molecule has 0 unspecified atom stereocenters. The highest BCUT2D eigenvalue weighted by Gasteiger charge is 2.29. The van der Waals surface area contributed by atoms with E-state index in [9.17, 15) is 21.6 Å². The van der Waals surface area contributed by atoms with E-state index in [1.54, 1.807) is 18.2 Å². The van der Waals surface area contributed by atoms with E-state index in [4.69, 9.17) is 11.6 Å². The summed E-state index contributed by atoms with van der Waals surface area (Å²) in [7, 11) is -7.65. The highest BCUT2D eigenvalue weighted by Crippen LogP contribution is 2.29. The van der Waals surface area contributed by atoms with Crippen molar-refractivity contribution in [2.45, 2.75) is 35.6 Å². The van der Waals surface area contributed by atoms with Crippen molar-refractivity contribution in [3.63, 3.8) is 0 Å². The summed E-state index contributed by atoms with van der Waals surface area (Å²) in [5, 5.41) is 2.59. The predicted octanol–water partition coefficient (Wildman–Crippen LogP) is 2.43. The van der Waals surface area contributed by atoms with Gasteiger partial charge in [0.25, 0.3) is 0 Å². The minimum atomic E-state index is -3.88. The number of hydrogen-bond donors (Lipinski definition) is 2. The molecule has 1 aliphatic heterocycles. The molecule has 1 aliphatic rings. The number of halogens is 1. The van der Waals surface area contributed by atoms with E-state index in [0.29, 0.717) is 13.1 Å². The number of hydrogen-bond acceptors (Lipinski definition) is 5. The van der Waals surface area contributed by atoms with Gasteiger partial charge in [0.1, 0.15) is 4.90 Å². The highest BCUT2D eigenvalue weighted by molar-refractivity contribution is 7.89. The van der Waals surface area contributed by atoms with E-state index in [-0.39, 0.29) is 20.5 Å². The number of anilines is 1. The number of benzene rings is 2. The van der Waals surface area contributed by atoms with Crippen molar-refractivity contribution >= 4 is 43.2 Å². The van der Waals surface area contributed by atoms with Gasteiger partial charge in [-0.15, -0.1) is 0 Å². The molecule has 0 aliphatic carbocycles. The molecule has 1 amide bonds. The number of carbonyl (C=O) groups is 1. The summed E-state index contributed by atoms with van der Waals surface area (Å²) in [5.41, 5.74) is 0.202. The number of sulfonamides is 2. The molecule has 11 heteroatoms. The van der Waals surface area contributed by atoms with E-state index in [2.05, 4.69) is 10.0 Å². The maximum absolute atomic E-state index is 12.8. The Kier molecular flexibility index (Phi) is 6.83. The monoisotopic (exact) mass is 471 g/mol. The third kappa shape index (κ3) is 5.01. The van der Waals surface area contributed by atoms with Gasteiger partial charge in [0.15, 0.2) is 0 Å². The van der Waals surface area contributed by atoms with E-state index in [1.807, 2.05) is 0 Å². The summed E-state index contributed by atoms with van der Waals surface area (Å²) in [5.74, 6) is -0.638. The zero-order valence-corrected chi connectivity index (χ0v) is 18.6. The van der Waals surface area contributed by atoms with Gasteiger partial charge in [0.2, 0.25) is 26.0 Å². The second-order valence-electron chi connectivity index (χ2n) is 6.90. The van der Waals surface area contributed by atoms with E-state index >= 15 is 0 Å². The lowest BCUT2D eigenvalue weighted by Crippen LogP contribution is -2.41. The van der Waals surface area contributed by atoms with Crippen LogP contribution in [-0.2, 0) is 24.8 Å². The van der Waals surface area contributed by atoms with Crippen LogP contribution in [0.1, 0.15) is 19.8 Å². The number of nitrogens with one attached hydrogen (secondary N) is 2. The summed E-state index contributed by atoms with van der Waals surface area (Å²) in [6, 6.07) is 10.7. The molecule has 0 saturated carbocycles. The molecule has 1 heterocycles. The molecule has 0 radical (unpaired) electrons. The van der Waals surface area contributed by atoms with Crippen LogP contribution in [-0.4, -0.2) is 46.2 Å². The molecule has 0 spiro atoms. The average molecular weight is 472 g/mol. The number of nitrogens with zero attached hydrogens (tertiary/aromatic N) is 1. The molecule has 1 fully saturated rings. The number of rotatable bonds is 7. The maximum atomic E-state index is 12.8. The smallest absolute Gasteiger partial charge is 0.244 e. The molecule has 2 aromatic rings. The zero-order valence-electron chi connectivity index (χ0n) is 16.2. The van der Waals surface area contributed by atoms with E-state index < -0.39 is 32.0 Å². The molecule has 1 saturated heterocycles. The van der Waals surface area contributed by atoms with Gasteiger partial charge in [0.05, 0.1) is 16.0 Å². The van der Waals surface area contributed by atoms with Crippen LogP contribution in [0.3, 0.4) is 0 Å². The van der Waals surface area contributed by atoms with Gasteiger partial charge in [-0.1, -0.05) is 29.8 Å². The van der Waals surface area contributed by atoms with Gasteiger partial charge < -0.3 is 5.32 Å². The van der Waals surface area contributed by atoms with Crippen molar-refractivity contribution < 1.29 is 21.6 Å². The summed E-state index contributed by atoms with van der Waals surface area (Å²) in [6.45, 7) is 2.24. The molecule has 3 rings (SSSR count). The Morgan fingerprint density at radius 2 is 1.67 bits per heavy atom. The summed E-state index contributed by atoms with van der Waals surface area (Å²) < 4.78 is 54.0. The zero-order chi connectivity index (χ0) is 21.9. The largest absolute Gasteiger partial charge is 0.325 e. The maximum Gasteiger partial charge on any atom is 0.244 e. The minimum absolute atomic E-state index is 0.0372. The molecule has 162 valence electrons. The van der Waals surface area contributed by atoms with Gasteiger partial charge in [-0.2, -0.15) is 9.03 Å². The van der Waals surface area contributed by atoms with Crippen LogP contribution in [0.15, 0.2) is 58.3 Å². The van der Waals surface area contributed by atoms with Gasteiger partial charge in [0, 0.05) is 18.8 Å². The first-order valence-electron chi connectivity index (χ1n) is 9.29. The Morgan fingerprint density at radius 1 is 1.03 bits per heavy atom. The molecule has 1 atom stereocenters. The van der Waals surface area contributed by atoms with Gasteiger partial charge >= 0.3 is 0 Å². The van der Waals surface area contributed by atoms with Crippen LogP contribution in [0.5, 0.6) is 0 Å². The lowest BCUT2D eigenvalue weighted by molar-refractivity contribution is -0.117. The van der Waals surface area contributed by atoms with Crippen LogP contribution < -0.4 is 10.0 Å². The van der Waals surface area contributed by atoms with E-state index in [1.165, 1.54) is 41.6 Å². The topological polar surface area (TPSA) is 113 Å². The molecule has 2 aromatic carbocycles.